The van der Waals surface area contributed by atoms with E-state index in [0.717, 1.165) is 34.0 Å². The van der Waals surface area contributed by atoms with Gasteiger partial charge in [-0.2, -0.15) is 0 Å². The maximum Gasteiger partial charge on any atom is 0.159 e. The van der Waals surface area contributed by atoms with Crippen LogP contribution < -0.4 is 10.5 Å². The fraction of sp³-hybridized carbons (Fsp3) is 0.0417. The molecule has 1 aliphatic rings. The molecule has 0 N–H and O–H groups in total. The van der Waals surface area contributed by atoms with Crippen LogP contribution in [0, 0.1) is 0 Å². The van der Waals surface area contributed by atoms with Gasteiger partial charge in [0.05, 0.1) is 33.4 Å². The molecule has 0 saturated heterocycles. The Hall–Kier alpha value is -6.56. The molecule has 0 unspecified atom stereocenters. The van der Waals surface area contributed by atoms with Crippen LogP contribution in [0.3, 0.4) is 0 Å². The van der Waals surface area contributed by atoms with Crippen LogP contribution in [0.5, 0.6) is 0 Å². The zero-order chi connectivity index (χ0) is 35.3. The minimum atomic E-state index is -2.12. The minimum Gasteiger partial charge on any atom is -0.309 e. The Labute approximate surface area is 308 Å². The molecule has 0 saturated carbocycles. The number of benzene rings is 7. The molecular formula is C48H34N4Si. The second-order valence-electron chi connectivity index (χ2n) is 14.6. The summed E-state index contributed by atoms with van der Waals surface area (Å²) in [5.74, 6) is 0.778. The first-order chi connectivity index (χ1) is 26.1. The lowest BCUT2D eigenvalue weighted by atomic mass is 9.99. The molecule has 4 nitrogen and oxygen atoms in total. The molecule has 3 aromatic heterocycles. The molecule has 0 fully saturated rings. The van der Waals surface area contributed by atoms with Crippen molar-refractivity contribution in [3.8, 4) is 45.1 Å². The van der Waals surface area contributed by atoms with E-state index in [1.165, 1.54) is 65.2 Å². The third-order valence-electron chi connectivity index (χ3n) is 11.3. The Balaban J connectivity index is 1.26. The summed E-state index contributed by atoms with van der Waals surface area (Å²) in [6, 6.07) is 61.2. The van der Waals surface area contributed by atoms with E-state index in [1.807, 2.05) is 0 Å². The standard InChI is InChI=1S/C48H34N4Si/c1-53(2)42-28-16-12-24-36(42)45-46(49-47(50-48(45)53)31-17-5-3-6-18-31)35-23-11-15-27-39(35)52-38-26-14-10-22-34(38)44-41(52)30-29-40-43(44)33-21-9-13-25-37(33)51(40)32-19-7-4-8-20-32/h3-30H,1-2H3. The Morgan fingerprint density at radius 3 is 1.72 bits per heavy atom. The maximum absolute atomic E-state index is 5.50. The molecule has 1 aliphatic heterocycles. The van der Waals surface area contributed by atoms with Gasteiger partial charge in [-0.25, -0.2) is 9.97 Å². The van der Waals surface area contributed by atoms with Gasteiger partial charge in [0.15, 0.2) is 5.82 Å². The van der Waals surface area contributed by atoms with Crippen LogP contribution in [0.2, 0.25) is 13.1 Å². The molecule has 4 heterocycles. The van der Waals surface area contributed by atoms with E-state index in [4.69, 9.17) is 9.97 Å². The molecule has 0 atom stereocenters. The summed E-state index contributed by atoms with van der Waals surface area (Å²) in [7, 11) is -2.12. The number of nitrogens with zero attached hydrogens (tertiary/aromatic N) is 4. The van der Waals surface area contributed by atoms with Gasteiger partial charge < -0.3 is 9.13 Å². The highest BCUT2D eigenvalue weighted by molar-refractivity contribution is 7.03. The molecule has 53 heavy (non-hydrogen) atoms. The molecule has 0 aliphatic carbocycles. The molecule has 0 spiro atoms. The van der Waals surface area contributed by atoms with E-state index in [1.54, 1.807) is 0 Å². The molecule has 10 aromatic rings. The maximum atomic E-state index is 5.50. The first kappa shape index (κ1) is 30.1. The predicted molar refractivity (Wildman–Crippen MR) is 224 cm³/mol. The fourth-order valence-electron chi connectivity index (χ4n) is 8.95. The van der Waals surface area contributed by atoms with Gasteiger partial charge in [-0.15, -0.1) is 0 Å². The number of hydrogen-bond acceptors (Lipinski definition) is 2. The van der Waals surface area contributed by atoms with Gasteiger partial charge in [0.1, 0.15) is 8.07 Å². The monoisotopic (exact) mass is 694 g/mol. The molecule has 0 amide bonds. The van der Waals surface area contributed by atoms with Crippen LogP contribution in [-0.4, -0.2) is 27.2 Å². The van der Waals surface area contributed by atoms with Crippen molar-refractivity contribution in [2.45, 2.75) is 13.1 Å². The summed E-state index contributed by atoms with van der Waals surface area (Å²) >= 11 is 0. The lowest BCUT2D eigenvalue weighted by Gasteiger charge is -2.20. The number of para-hydroxylation sites is 4. The van der Waals surface area contributed by atoms with Gasteiger partial charge in [0.25, 0.3) is 0 Å². The molecule has 250 valence electrons. The number of hydrogen-bond donors (Lipinski definition) is 0. The normalized spacial score (nSPS) is 13.2. The van der Waals surface area contributed by atoms with E-state index in [9.17, 15) is 0 Å². The van der Waals surface area contributed by atoms with Gasteiger partial charge in [-0.1, -0.05) is 140 Å². The van der Waals surface area contributed by atoms with E-state index in [-0.39, 0.29) is 0 Å². The third kappa shape index (κ3) is 4.23. The highest BCUT2D eigenvalue weighted by Gasteiger charge is 2.41. The van der Waals surface area contributed by atoms with Crippen molar-refractivity contribution < 1.29 is 0 Å². The quantitative estimate of drug-likeness (QED) is 0.172. The van der Waals surface area contributed by atoms with Crippen LogP contribution in [-0.2, 0) is 0 Å². The average molecular weight is 695 g/mol. The summed E-state index contributed by atoms with van der Waals surface area (Å²) in [6.07, 6.45) is 0. The second-order valence-corrected chi connectivity index (χ2v) is 18.8. The van der Waals surface area contributed by atoms with Crippen LogP contribution in [0.1, 0.15) is 0 Å². The topological polar surface area (TPSA) is 35.6 Å². The summed E-state index contributed by atoms with van der Waals surface area (Å²) in [5, 5.41) is 7.63. The summed E-state index contributed by atoms with van der Waals surface area (Å²) < 4.78 is 4.87. The minimum absolute atomic E-state index is 0.778. The van der Waals surface area contributed by atoms with E-state index in [0.29, 0.717) is 0 Å². The van der Waals surface area contributed by atoms with Crippen molar-refractivity contribution in [1.29, 1.82) is 0 Å². The summed E-state index contributed by atoms with van der Waals surface area (Å²) in [6.45, 7) is 4.86. The van der Waals surface area contributed by atoms with Gasteiger partial charge in [-0.3, -0.25) is 0 Å². The Morgan fingerprint density at radius 2 is 1.00 bits per heavy atom. The smallest absolute Gasteiger partial charge is 0.159 e. The Kier molecular flexibility index (Phi) is 6.37. The van der Waals surface area contributed by atoms with Crippen LogP contribution in [0.25, 0.3) is 88.8 Å². The fourth-order valence-corrected chi connectivity index (χ4v) is 11.9. The first-order valence-corrected chi connectivity index (χ1v) is 21.3. The largest absolute Gasteiger partial charge is 0.309 e. The highest BCUT2D eigenvalue weighted by Crippen LogP contribution is 2.45. The lowest BCUT2D eigenvalue weighted by Crippen LogP contribution is -2.50. The number of rotatable bonds is 4. The van der Waals surface area contributed by atoms with Crippen molar-refractivity contribution in [3.05, 3.63) is 170 Å². The number of fused-ring (bicyclic) bond motifs is 10. The predicted octanol–water partition coefficient (Wildman–Crippen LogP) is 10.8. The van der Waals surface area contributed by atoms with E-state index < -0.39 is 8.07 Å². The molecule has 7 aromatic carbocycles. The van der Waals surface area contributed by atoms with Crippen molar-refractivity contribution in [3.63, 3.8) is 0 Å². The third-order valence-corrected chi connectivity index (χ3v) is 14.6. The zero-order valence-electron chi connectivity index (χ0n) is 29.5. The Morgan fingerprint density at radius 1 is 0.453 bits per heavy atom. The van der Waals surface area contributed by atoms with E-state index >= 15 is 0 Å². The SMILES string of the molecule is C[Si]1(C)c2ccccc2-c2c(-c3ccccc3-n3c4ccccc4c4c5c6ccccc6n(-c6ccccc6)c5ccc43)nc(-c3ccccc3)nc21. The van der Waals surface area contributed by atoms with Crippen LogP contribution in [0.4, 0.5) is 0 Å². The van der Waals surface area contributed by atoms with Crippen molar-refractivity contribution in [2.75, 3.05) is 0 Å². The molecule has 0 radical (unpaired) electrons. The van der Waals surface area contributed by atoms with E-state index in [2.05, 4.69) is 192 Å². The van der Waals surface area contributed by atoms with Crippen LogP contribution in [0.15, 0.2) is 170 Å². The van der Waals surface area contributed by atoms with Gasteiger partial charge in [-0.05, 0) is 53.2 Å². The zero-order valence-corrected chi connectivity index (χ0v) is 30.5. The first-order valence-electron chi connectivity index (χ1n) is 18.3. The average Bonchev–Trinajstić information content (AvgIpc) is 3.81. The van der Waals surface area contributed by atoms with Crippen molar-refractivity contribution >= 4 is 62.2 Å². The summed E-state index contributed by atoms with van der Waals surface area (Å²) in [5.41, 5.74) is 12.6. The van der Waals surface area contributed by atoms with Crippen LogP contribution >= 0.6 is 0 Å². The van der Waals surface area contributed by atoms with Gasteiger partial charge in [0.2, 0.25) is 0 Å². The Bertz CT molecular complexity index is 3080. The summed E-state index contributed by atoms with van der Waals surface area (Å²) in [4.78, 5) is 10.9. The number of aromatic nitrogens is 4. The van der Waals surface area contributed by atoms with Crippen molar-refractivity contribution in [2.24, 2.45) is 0 Å². The van der Waals surface area contributed by atoms with Crippen molar-refractivity contribution in [1.82, 2.24) is 19.1 Å². The highest BCUT2D eigenvalue weighted by atomic mass is 28.3. The van der Waals surface area contributed by atoms with Gasteiger partial charge in [0, 0.05) is 49.2 Å². The van der Waals surface area contributed by atoms with Gasteiger partial charge >= 0.3 is 0 Å². The lowest BCUT2D eigenvalue weighted by molar-refractivity contribution is 1.16. The molecule has 11 rings (SSSR count). The molecular weight excluding hydrogens is 661 g/mol. The molecule has 5 heteroatoms. The molecule has 0 bridgehead atoms. The second kappa shape index (κ2) is 11.2.